The first kappa shape index (κ1) is 18.2. The smallest absolute Gasteiger partial charge is 0.370 e. The van der Waals surface area contributed by atoms with E-state index in [2.05, 4.69) is 0 Å². The largest absolute Gasteiger partial charge is 0.447 e. The van der Waals surface area contributed by atoms with E-state index in [4.69, 9.17) is 21.4 Å². The van der Waals surface area contributed by atoms with E-state index in [0.29, 0.717) is 0 Å². The lowest BCUT2D eigenvalue weighted by molar-refractivity contribution is -0.358. The molecule has 0 aliphatic rings. The summed E-state index contributed by atoms with van der Waals surface area (Å²) >= 11 is 0. The van der Waals surface area contributed by atoms with Crippen LogP contribution in [0.2, 0.25) is 0 Å². The van der Waals surface area contributed by atoms with Crippen LogP contribution in [0.25, 0.3) is 0 Å². The number of carbonyl (C=O) groups is 1. The van der Waals surface area contributed by atoms with E-state index in [1.54, 1.807) is 0 Å². The number of guanidine groups is 1. The van der Waals surface area contributed by atoms with Gasteiger partial charge in [-0.05, 0) is 12.1 Å². The van der Waals surface area contributed by atoms with Crippen LogP contribution in [0.1, 0.15) is 15.9 Å². The van der Waals surface area contributed by atoms with Gasteiger partial charge in [-0.1, -0.05) is 12.1 Å². The van der Waals surface area contributed by atoms with Crippen molar-refractivity contribution in [2.45, 2.75) is 12.0 Å². The zero-order chi connectivity index (χ0) is 14.8. The molecule has 0 heterocycles. The Balaban J connectivity index is 0.00000361. The molecule has 10 heteroatoms. The summed E-state index contributed by atoms with van der Waals surface area (Å²) in [7, 11) is 0. The van der Waals surface area contributed by atoms with Crippen molar-refractivity contribution in [2.75, 3.05) is 0 Å². The van der Waals surface area contributed by atoms with Crippen molar-refractivity contribution in [3.05, 3.63) is 35.4 Å². The third-order valence-electron chi connectivity index (χ3n) is 2.19. The maximum absolute atomic E-state index is 12.3. The Labute approximate surface area is 117 Å². The molecule has 0 unspecified atom stereocenters. The molecule has 0 atom stereocenters. The van der Waals surface area contributed by atoms with Crippen LogP contribution < -0.4 is 11.1 Å². The van der Waals surface area contributed by atoms with Gasteiger partial charge in [0.1, 0.15) is 0 Å². The molecule has 112 valence electrons. The number of alkyl halides is 3. The molecule has 20 heavy (non-hydrogen) atoms. The van der Waals surface area contributed by atoms with Crippen molar-refractivity contribution in [1.29, 1.82) is 5.41 Å². The summed E-state index contributed by atoms with van der Waals surface area (Å²) < 4.78 is 37.0. The van der Waals surface area contributed by atoms with Gasteiger partial charge in [0.15, 0.2) is 5.96 Å². The molecule has 0 saturated heterocycles. The van der Waals surface area contributed by atoms with E-state index in [0.717, 1.165) is 24.3 Å². The summed E-state index contributed by atoms with van der Waals surface area (Å²) in [6, 6.07) is 3.37. The quantitative estimate of drug-likeness (QED) is 0.309. The van der Waals surface area contributed by atoms with Crippen LogP contribution in [0, 0.1) is 5.41 Å². The van der Waals surface area contributed by atoms with Gasteiger partial charge < -0.3 is 15.9 Å². The maximum Gasteiger partial charge on any atom is 0.447 e. The highest BCUT2D eigenvalue weighted by atomic mass is 35.5. The summed E-state index contributed by atoms with van der Waals surface area (Å²) in [6.45, 7) is 0. The molecular formula is C10H11ClF3N3O3. The van der Waals surface area contributed by atoms with Crippen molar-refractivity contribution in [1.82, 2.24) is 5.32 Å². The van der Waals surface area contributed by atoms with E-state index < -0.39 is 29.4 Å². The van der Waals surface area contributed by atoms with Crippen LogP contribution in [0.15, 0.2) is 24.3 Å². The SMILES string of the molecule is Cl.N=C(N)NC(=O)c1ccc(C(O)(O)C(F)(F)F)cc1. The fourth-order valence-electron chi connectivity index (χ4n) is 1.21. The highest BCUT2D eigenvalue weighted by Crippen LogP contribution is 2.36. The molecule has 6 N–H and O–H groups in total. The fraction of sp³-hybridized carbons (Fsp3) is 0.200. The van der Waals surface area contributed by atoms with Crippen LogP contribution in [0.5, 0.6) is 0 Å². The van der Waals surface area contributed by atoms with Gasteiger partial charge in [0.05, 0.1) is 0 Å². The lowest BCUT2D eigenvalue weighted by Crippen LogP contribution is -2.42. The summed E-state index contributed by atoms with van der Waals surface area (Å²) in [4.78, 5) is 11.3. The molecule has 0 saturated carbocycles. The molecule has 1 amide bonds. The van der Waals surface area contributed by atoms with Crippen molar-refractivity contribution in [2.24, 2.45) is 5.73 Å². The van der Waals surface area contributed by atoms with Gasteiger partial charge in [0, 0.05) is 11.1 Å². The summed E-state index contributed by atoms with van der Waals surface area (Å²) in [5.41, 5.74) is 3.99. The summed E-state index contributed by atoms with van der Waals surface area (Å²) in [5.74, 6) is -5.42. The van der Waals surface area contributed by atoms with E-state index in [9.17, 15) is 18.0 Å². The number of nitrogens with one attached hydrogen (secondary N) is 2. The lowest BCUT2D eigenvalue weighted by Gasteiger charge is -2.24. The second-order valence-electron chi connectivity index (χ2n) is 3.62. The molecule has 0 fully saturated rings. The number of benzene rings is 1. The molecule has 0 spiro atoms. The molecule has 0 aliphatic carbocycles. The van der Waals surface area contributed by atoms with E-state index in [1.807, 2.05) is 5.32 Å². The predicted octanol–water partition coefficient (Wildman–Crippen LogP) is 0.431. The number of hydrogen-bond acceptors (Lipinski definition) is 4. The highest BCUT2D eigenvalue weighted by Gasteiger charge is 2.54. The summed E-state index contributed by atoms with van der Waals surface area (Å²) in [6.07, 6.45) is -5.27. The van der Waals surface area contributed by atoms with Crippen LogP contribution in [0.4, 0.5) is 13.2 Å². The fourth-order valence-corrected chi connectivity index (χ4v) is 1.21. The Morgan fingerprint density at radius 3 is 2.00 bits per heavy atom. The van der Waals surface area contributed by atoms with Gasteiger partial charge >= 0.3 is 6.18 Å². The number of hydrogen-bond donors (Lipinski definition) is 5. The Morgan fingerprint density at radius 1 is 1.20 bits per heavy atom. The van der Waals surface area contributed by atoms with Crippen LogP contribution in [-0.4, -0.2) is 28.3 Å². The van der Waals surface area contributed by atoms with Gasteiger partial charge in [-0.3, -0.25) is 15.5 Å². The first-order valence-corrected chi connectivity index (χ1v) is 4.83. The van der Waals surface area contributed by atoms with Crippen LogP contribution in [-0.2, 0) is 5.79 Å². The van der Waals surface area contributed by atoms with E-state index >= 15 is 0 Å². The Hall–Kier alpha value is -1.84. The number of carbonyl (C=O) groups excluding carboxylic acids is 1. The van der Waals surface area contributed by atoms with E-state index in [1.165, 1.54) is 0 Å². The molecule has 0 aliphatic heterocycles. The summed E-state index contributed by atoms with van der Waals surface area (Å²) in [5, 5.41) is 26.7. The van der Waals surface area contributed by atoms with Crippen molar-refractivity contribution < 1.29 is 28.2 Å². The van der Waals surface area contributed by atoms with Crippen molar-refractivity contribution >= 4 is 24.3 Å². The number of aliphatic hydroxyl groups is 2. The molecule has 1 rings (SSSR count). The standard InChI is InChI=1S/C10H10F3N3O3.ClH/c11-10(12,13)9(18,19)6-3-1-5(2-4-6)7(17)16-8(14)15;/h1-4,18-19H,(H4,14,15,16,17);1H. The average Bonchev–Trinajstić information content (AvgIpc) is 2.26. The van der Waals surface area contributed by atoms with Crippen LogP contribution in [0.3, 0.4) is 0 Å². The molecule has 1 aromatic carbocycles. The third-order valence-corrected chi connectivity index (χ3v) is 2.19. The molecule has 0 radical (unpaired) electrons. The van der Waals surface area contributed by atoms with Crippen LogP contribution >= 0.6 is 12.4 Å². The average molecular weight is 314 g/mol. The highest BCUT2D eigenvalue weighted by molar-refractivity contribution is 6.04. The first-order chi connectivity index (χ1) is 8.55. The van der Waals surface area contributed by atoms with Crippen molar-refractivity contribution in [3.63, 3.8) is 0 Å². The zero-order valence-corrected chi connectivity index (χ0v) is 10.5. The lowest BCUT2D eigenvalue weighted by atomic mass is 10.0. The third kappa shape index (κ3) is 3.83. The first-order valence-electron chi connectivity index (χ1n) is 4.83. The number of halogens is 4. The van der Waals surface area contributed by atoms with Gasteiger partial charge in [-0.25, -0.2) is 0 Å². The van der Waals surface area contributed by atoms with Crippen molar-refractivity contribution in [3.8, 4) is 0 Å². The van der Waals surface area contributed by atoms with Gasteiger partial charge in [-0.2, -0.15) is 13.2 Å². The number of rotatable bonds is 2. The molecular weight excluding hydrogens is 303 g/mol. The van der Waals surface area contributed by atoms with E-state index in [-0.39, 0.29) is 18.0 Å². The van der Waals surface area contributed by atoms with Gasteiger partial charge in [0.2, 0.25) is 0 Å². The number of amides is 1. The zero-order valence-electron chi connectivity index (χ0n) is 9.73. The number of nitrogens with two attached hydrogens (primary N) is 1. The second-order valence-corrected chi connectivity index (χ2v) is 3.62. The van der Waals surface area contributed by atoms with Gasteiger partial charge in [0.25, 0.3) is 11.7 Å². The normalized spacial score (nSPS) is 11.4. The van der Waals surface area contributed by atoms with Gasteiger partial charge in [-0.15, -0.1) is 12.4 Å². The molecule has 0 bridgehead atoms. The Bertz CT molecular complexity index is 503. The molecule has 0 aromatic heterocycles. The second kappa shape index (κ2) is 6.07. The minimum absolute atomic E-state index is 0. The predicted molar refractivity (Wildman–Crippen MR) is 65.2 cm³/mol. The molecule has 6 nitrogen and oxygen atoms in total. The Kier molecular flexibility index (Phi) is 5.52. The monoisotopic (exact) mass is 313 g/mol. The topological polar surface area (TPSA) is 119 Å². The minimum atomic E-state index is -5.27. The maximum atomic E-state index is 12.3. The Morgan fingerprint density at radius 2 is 1.65 bits per heavy atom. The minimum Gasteiger partial charge on any atom is -0.370 e. The molecule has 1 aromatic rings.